The maximum atomic E-state index is 3.77. The highest BCUT2D eigenvalue weighted by Crippen LogP contribution is 2.33. The first-order chi connectivity index (χ1) is 12.4. The van der Waals surface area contributed by atoms with Crippen molar-refractivity contribution in [2.24, 2.45) is 0 Å². The summed E-state index contributed by atoms with van der Waals surface area (Å²) >= 11 is 0. The summed E-state index contributed by atoms with van der Waals surface area (Å²) in [5.74, 6) is 0. The first-order valence-corrected chi connectivity index (χ1v) is 8.82. The fourth-order valence-electron chi connectivity index (χ4n) is 3.88. The van der Waals surface area contributed by atoms with E-state index in [2.05, 4.69) is 96.3 Å². The van der Waals surface area contributed by atoms with Crippen LogP contribution in [0.4, 0.5) is 5.69 Å². The summed E-state index contributed by atoms with van der Waals surface area (Å²) in [5.41, 5.74) is 3.96. The second kappa shape index (κ2) is 5.78. The van der Waals surface area contributed by atoms with Crippen LogP contribution in [0.2, 0.25) is 0 Å². The maximum Gasteiger partial charge on any atom is 0.0488 e. The maximum absolute atomic E-state index is 3.77. The Balaban J connectivity index is 1.59. The molecule has 4 aromatic carbocycles. The molecule has 25 heavy (non-hydrogen) atoms. The van der Waals surface area contributed by atoms with Crippen molar-refractivity contribution in [2.75, 3.05) is 5.32 Å². The van der Waals surface area contributed by atoms with Gasteiger partial charge in [-0.1, -0.05) is 84.9 Å². The van der Waals surface area contributed by atoms with Crippen LogP contribution in [0, 0.1) is 0 Å². The molecule has 1 atom stereocenters. The van der Waals surface area contributed by atoms with Crippen LogP contribution in [-0.4, -0.2) is 6.04 Å². The predicted molar refractivity (Wildman–Crippen MR) is 108 cm³/mol. The lowest BCUT2D eigenvalue weighted by atomic mass is 9.93. The molecule has 5 rings (SSSR count). The number of hydrogen-bond donors (Lipinski definition) is 1. The van der Waals surface area contributed by atoms with E-state index in [0.717, 1.165) is 6.42 Å². The van der Waals surface area contributed by atoms with E-state index >= 15 is 0 Å². The molecular formula is C24H19N. The van der Waals surface area contributed by atoms with E-state index in [-0.39, 0.29) is 0 Å². The smallest absolute Gasteiger partial charge is 0.0488 e. The summed E-state index contributed by atoms with van der Waals surface area (Å²) < 4.78 is 0. The van der Waals surface area contributed by atoms with Gasteiger partial charge in [0.05, 0.1) is 0 Å². The molecule has 1 aliphatic rings. The molecule has 1 heteroatoms. The number of benzene rings is 4. The predicted octanol–water partition coefficient (Wildman–Crippen LogP) is 6.04. The lowest BCUT2D eigenvalue weighted by molar-refractivity contribution is 0.856. The second-order valence-corrected chi connectivity index (χ2v) is 6.70. The van der Waals surface area contributed by atoms with Gasteiger partial charge < -0.3 is 5.32 Å². The Kier molecular flexibility index (Phi) is 3.31. The molecule has 0 amide bonds. The minimum absolute atomic E-state index is 0.319. The molecule has 0 radical (unpaired) electrons. The van der Waals surface area contributed by atoms with Crippen molar-refractivity contribution in [1.82, 2.24) is 0 Å². The number of nitrogens with one attached hydrogen (secondary N) is 1. The molecule has 120 valence electrons. The number of rotatable bonds is 2. The zero-order chi connectivity index (χ0) is 16.6. The normalized spacial score (nSPS) is 16.1. The third-order valence-electron chi connectivity index (χ3n) is 5.11. The van der Waals surface area contributed by atoms with Crippen molar-refractivity contribution in [2.45, 2.75) is 12.5 Å². The molecule has 1 N–H and O–H groups in total. The SMILES string of the molecule is C1=CC(Nc2cc3ccccc3c3ccccc23)Cc2ccccc21. The van der Waals surface area contributed by atoms with Crippen LogP contribution in [0.5, 0.6) is 0 Å². The minimum atomic E-state index is 0.319. The summed E-state index contributed by atoms with van der Waals surface area (Å²) in [6.45, 7) is 0. The van der Waals surface area contributed by atoms with E-state index in [0.29, 0.717) is 6.04 Å². The topological polar surface area (TPSA) is 12.0 Å². The Labute approximate surface area is 147 Å². The molecule has 1 aliphatic carbocycles. The van der Waals surface area contributed by atoms with Crippen molar-refractivity contribution in [3.05, 3.63) is 96.1 Å². The third-order valence-corrected chi connectivity index (χ3v) is 5.11. The van der Waals surface area contributed by atoms with Crippen molar-refractivity contribution < 1.29 is 0 Å². The minimum Gasteiger partial charge on any atom is -0.378 e. The van der Waals surface area contributed by atoms with Crippen molar-refractivity contribution >= 4 is 33.3 Å². The van der Waals surface area contributed by atoms with Crippen molar-refractivity contribution in [3.63, 3.8) is 0 Å². The van der Waals surface area contributed by atoms with E-state index in [1.165, 1.54) is 38.4 Å². The van der Waals surface area contributed by atoms with Gasteiger partial charge in [-0.15, -0.1) is 0 Å². The Morgan fingerprint density at radius 1 is 0.720 bits per heavy atom. The molecule has 0 spiro atoms. The highest BCUT2D eigenvalue weighted by molar-refractivity contribution is 6.12. The average Bonchev–Trinajstić information content (AvgIpc) is 2.68. The summed E-state index contributed by atoms with van der Waals surface area (Å²) in [4.78, 5) is 0. The molecule has 4 aromatic rings. The quantitative estimate of drug-likeness (QED) is 0.444. The first kappa shape index (κ1) is 14.3. The summed E-state index contributed by atoms with van der Waals surface area (Å²) in [6.07, 6.45) is 5.54. The van der Waals surface area contributed by atoms with Gasteiger partial charge in [-0.05, 0) is 39.8 Å². The van der Waals surface area contributed by atoms with Crippen molar-refractivity contribution in [1.29, 1.82) is 0 Å². The molecule has 0 saturated carbocycles. The molecule has 1 unspecified atom stereocenters. The number of fused-ring (bicyclic) bond motifs is 4. The Bertz CT molecular complexity index is 1110. The summed E-state index contributed by atoms with van der Waals surface area (Å²) in [6, 6.07) is 28.5. The average molecular weight is 321 g/mol. The molecule has 0 heterocycles. The molecular weight excluding hydrogens is 302 g/mol. The summed E-state index contributed by atoms with van der Waals surface area (Å²) in [5, 5.41) is 8.96. The first-order valence-electron chi connectivity index (χ1n) is 8.82. The Morgan fingerprint density at radius 3 is 2.36 bits per heavy atom. The van der Waals surface area contributed by atoms with Gasteiger partial charge in [0, 0.05) is 17.1 Å². The Hall–Kier alpha value is -3.06. The van der Waals surface area contributed by atoms with E-state index in [4.69, 9.17) is 0 Å². The largest absolute Gasteiger partial charge is 0.378 e. The molecule has 0 aromatic heterocycles. The van der Waals surface area contributed by atoms with Gasteiger partial charge >= 0.3 is 0 Å². The lowest BCUT2D eigenvalue weighted by Crippen LogP contribution is -2.22. The van der Waals surface area contributed by atoms with Gasteiger partial charge in [0.1, 0.15) is 0 Å². The van der Waals surface area contributed by atoms with Crippen LogP contribution in [0.1, 0.15) is 11.1 Å². The molecule has 0 bridgehead atoms. The zero-order valence-electron chi connectivity index (χ0n) is 13.9. The fraction of sp³-hybridized carbons (Fsp3) is 0.0833. The highest BCUT2D eigenvalue weighted by Gasteiger charge is 2.15. The van der Waals surface area contributed by atoms with E-state index in [1.807, 2.05) is 0 Å². The molecule has 0 saturated heterocycles. The number of anilines is 1. The molecule has 1 nitrogen and oxygen atoms in total. The van der Waals surface area contributed by atoms with Crippen LogP contribution in [-0.2, 0) is 6.42 Å². The van der Waals surface area contributed by atoms with Gasteiger partial charge in [-0.3, -0.25) is 0 Å². The van der Waals surface area contributed by atoms with E-state index in [9.17, 15) is 0 Å². The van der Waals surface area contributed by atoms with Crippen LogP contribution < -0.4 is 5.32 Å². The monoisotopic (exact) mass is 321 g/mol. The number of hydrogen-bond acceptors (Lipinski definition) is 1. The fourth-order valence-corrected chi connectivity index (χ4v) is 3.88. The summed E-state index contributed by atoms with van der Waals surface area (Å²) in [7, 11) is 0. The lowest BCUT2D eigenvalue weighted by Gasteiger charge is -2.23. The Morgan fingerprint density at radius 2 is 1.44 bits per heavy atom. The molecule has 0 fully saturated rings. The van der Waals surface area contributed by atoms with Crippen LogP contribution >= 0.6 is 0 Å². The standard InChI is InChI=1S/C24H19N/c1-2-8-18-15-20(14-13-17(18)7-1)25-24-16-19-9-3-4-10-21(19)22-11-5-6-12-23(22)24/h1-14,16,20,25H,15H2. The molecule has 0 aliphatic heterocycles. The van der Waals surface area contributed by atoms with Crippen LogP contribution in [0.15, 0.2) is 84.9 Å². The van der Waals surface area contributed by atoms with Gasteiger partial charge in [0.25, 0.3) is 0 Å². The van der Waals surface area contributed by atoms with Crippen molar-refractivity contribution in [3.8, 4) is 0 Å². The van der Waals surface area contributed by atoms with E-state index in [1.54, 1.807) is 0 Å². The van der Waals surface area contributed by atoms with E-state index < -0.39 is 0 Å². The van der Waals surface area contributed by atoms with Gasteiger partial charge in [0.2, 0.25) is 0 Å². The highest BCUT2D eigenvalue weighted by atomic mass is 14.9. The second-order valence-electron chi connectivity index (χ2n) is 6.70. The van der Waals surface area contributed by atoms with Crippen LogP contribution in [0.25, 0.3) is 27.6 Å². The van der Waals surface area contributed by atoms with Gasteiger partial charge in [0.15, 0.2) is 0 Å². The van der Waals surface area contributed by atoms with Gasteiger partial charge in [-0.2, -0.15) is 0 Å². The zero-order valence-corrected chi connectivity index (χ0v) is 13.9. The van der Waals surface area contributed by atoms with Gasteiger partial charge in [-0.25, -0.2) is 0 Å². The van der Waals surface area contributed by atoms with Crippen LogP contribution in [0.3, 0.4) is 0 Å². The third kappa shape index (κ3) is 2.49.